The summed E-state index contributed by atoms with van der Waals surface area (Å²) in [4.78, 5) is 14.4. The van der Waals surface area contributed by atoms with Gasteiger partial charge in [-0.2, -0.15) is 0 Å². The Morgan fingerprint density at radius 2 is 2.15 bits per heavy atom. The molecule has 1 aromatic carbocycles. The van der Waals surface area contributed by atoms with Crippen molar-refractivity contribution in [2.24, 2.45) is 11.5 Å². The van der Waals surface area contributed by atoms with Crippen molar-refractivity contribution in [3.63, 3.8) is 0 Å². The van der Waals surface area contributed by atoms with Gasteiger partial charge < -0.3 is 16.4 Å². The van der Waals surface area contributed by atoms with Crippen molar-refractivity contribution in [2.75, 3.05) is 0 Å². The Balaban J connectivity index is 1.97. The molecule has 1 amide bonds. The first-order valence-corrected chi connectivity index (χ1v) is 7.81. The first kappa shape index (κ1) is 14.0. The number of amides is 1. The number of carbonyl (C=O) groups is 1. The number of benzene rings is 1. The van der Waals surface area contributed by atoms with Gasteiger partial charge in [0.15, 0.2) is 0 Å². The van der Waals surface area contributed by atoms with E-state index in [0.29, 0.717) is 6.42 Å². The lowest BCUT2D eigenvalue weighted by Crippen LogP contribution is -2.66. The third-order valence-electron chi connectivity index (χ3n) is 4.61. The standard InChI is InChI=1S/C15H20BrN3O/c1-15(18)8-11(17)14(20)19-12(5-6-13(15)19)9-3-2-4-10(16)7-9/h2-4,7,11-13H,5-6,8,17-18H2,1H3/t11-,12+,13-,15?/m1/s1. The summed E-state index contributed by atoms with van der Waals surface area (Å²) in [6.07, 6.45) is 2.47. The highest BCUT2D eigenvalue weighted by Crippen LogP contribution is 2.44. The molecule has 4 atom stereocenters. The number of rotatable bonds is 1. The summed E-state index contributed by atoms with van der Waals surface area (Å²) in [5.74, 6) is 0.0420. The molecule has 4 nitrogen and oxygen atoms in total. The molecule has 0 aliphatic carbocycles. The SMILES string of the molecule is CC1(N)C[C@@H](N)C(=O)N2[C@H](c3cccc(Br)c3)CC[C@@H]21. The zero-order valence-corrected chi connectivity index (χ0v) is 13.1. The molecule has 2 aliphatic heterocycles. The topological polar surface area (TPSA) is 72.3 Å². The quantitative estimate of drug-likeness (QED) is 0.822. The predicted octanol–water partition coefficient (Wildman–Crippen LogP) is 1.93. The van der Waals surface area contributed by atoms with Crippen LogP contribution in [-0.2, 0) is 4.79 Å². The van der Waals surface area contributed by atoms with E-state index in [4.69, 9.17) is 11.5 Å². The van der Waals surface area contributed by atoms with Gasteiger partial charge in [-0.05, 0) is 43.9 Å². The lowest BCUT2D eigenvalue weighted by Gasteiger charge is -2.46. The molecule has 1 unspecified atom stereocenters. The zero-order chi connectivity index (χ0) is 14.5. The van der Waals surface area contributed by atoms with Crippen LogP contribution in [-0.4, -0.2) is 28.4 Å². The highest BCUT2D eigenvalue weighted by atomic mass is 79.9. The van der Waals surface area contributed by atoms with Gasteiger partial charge in [0.05, 0.1) is 18.1 Å². The van der Waals surface area contributed by atoms with Gasteiger partial charge in [0, 0.05) is 10.0 Å². The van der Waals surface area contributed by atoms with Crippen LogP contribution in [0.5, 0.6) is 0 Å². The highest BCUT2D eigenvalue weighted by Gasteiger charge is 2.51. The molecule has 3 rings (SSSR count). The molecule has 5 heteroatoms. The average Bonchev–Trinajstić information content (AvgIpc) is 2.81. The Morgan fingerprint density at radius 3 is 2.85 bits per heavy atom. The molecule has 2 fully saturated rings. The molecule has 2 heterocycles. The minimum absolute atomic E-state index is 0.0420. The number of piperidine rings is 1. The fraction of sp³-hybridized carbons (Fsp3) is 0.533. The number of hydrogen-bond acceptors (Lipinski definition) is 3. The van der Waals surface area contributed by atoms with Crippen LogP contribution in [0.3, 0.4) is 0 Å². The third kappa shape index (κ3) is 2.18. The van der Waals surface area contributed by atoms with Gasteiger partial charge in [-0.3, -0.25) is 4.79 Å². The van der Waals surface area contributed by atoms with E-state index in [1.807, 2.05) is 24.0 Å². The van der Waals surface area contributed by atoms with E-state index in [-0.39, 0.29) is 18.0 Å². The predicted molar refractivity (Wildman–Crippen MR) is 81.9 cm³/mol. The van der Waals surface area contributed by atoms with Crippen molar-refractivity contribution < 1.29 is 4.79 Å². The molecule has 2 saturated heterocycles. The average molecular weight is 338 g/mol. The minimum atomic E-state index is -0.478. The van der Waals surface area contributed by atoms with Crippen molar-refractivity contribution in [3.8, 4) is 0 Å². The lowest BCUT2D eigenvalue weighted by molar-refractivity contribution is -0.141. The van der Waals surface area contributed by atoms with Crippen molar-refractivity contribution in [2.45, 2.75) is 49.9 Å². The van der Waals surface area contributed by atoms with E-state index in [1.165, 1.54) is 0 Å². The monoisotopic (exact) mass is 337 g/mol. The Bertz CT molecular complexity index is 546. The lowest BCUT2D eigenvalue weighted by atomic mass is 9.81. The Kier molecular flexibility index (Phi) is 3.39. The zero-order valence-electron chi connectivity index (χ0n) is 11.6. The molecule has 0 saturated carbocycles. The van der Waals surface area contributed by atoms with Crippen molar-refractivity contribution >= 4 is 21.8 Å². The molecule has 0 aromatic heterocycles. The second-order valence-corrected chi connectivity index (χ2v) is 7.14. The fourth-order valence-electron chi connectivity index (χ4n) is 3.70. The molecule has 0 bridgehead atoms. The summed E-state index contributed by atoms with van der Waals surface area (Å²) in [5, 5.41) is 0. The van der Waals surface area contributed by atoms with E-state index in [2.05, 4.69) is 28.1 Å². The van der Waals surface area contributed by atoms with E-state index in [9.17, 15) is 4.79 Å². The van der Waals surface area contributed by atoms with Crippen molar-refractivity contribution in [1.82, 2.24) is 4.90 Å². The minimum Gasteiger partial charge on any atom is -0.329 e. The maximum Gasteiger partial charge on any atom is 0.240 e. The summed E-state index contributed by atoms with van der Waals surface area (Å²) in [6, 6.07) is 7.86. The second-order valence-electron chi connectivity index (χ2n) is 6.23. The second kappa shape index (κ2) is 4.83. The van der Waals surface area contributed by atoms with Crippen LogP contribution in [0.15, 0.2) is 28.7 Å². The number of fused-ring (bicyclic) bond motifs is 1. The molecule has 20 heavy (non-hydrogen) atoms. The van der Waals surface area contributed by atoms with E-state index >= 15 is 0 Å². The Morgan fingerprint density at radius 1 is 1.40 bits per heavy atom. The normalized spacial score (nSPS) is 37.1. The maximum absolute atomic E-state index is 12.5. The molecule has 1 aromatic rings. The van der Waals surface area contributed by atoms with Crippen LogP contribution in [0.25, 0.3) is 0 Å². The van der Waals surface area contributed by atoms with Crippen LogP contribution in [0.1, 0.15) is 37.8 Å². The highest BCUT2D eigenvalue weighted by molar-refractivity contribution is 9.10. The van der Waals surface area contributed by atoms with E-state index < -0.39 is 11.6 Å². The Labute approximate surface area is 127 Å². The van der Waals surface area contributed by atoms with Gasteiger partial charge >= 0.3 is 0 Å². The molecular weight excluding hydrogens is 318 g/mol. The third-order valence-corrected chi connectivity index (χ3v) is 5.10. The molecule has 108 valence electrons. The van der Waals surface area contributed by atoms with Gasteiger partial charge in [-0.1, -0.05) is 28.1 Å². The fourth-order valence-corrected chi connectivity index (χ4v) is 4.11. The molecular formula is C15H20BrN3O. The van der Waals surface area contributed by atoms with Crippen LogP contribution >= 0.6 is 15.9 Å². The van der Waals surface area contributed by atoms with Crippen molar-refractivity contribution in [1.29, 1.82) is 0 Å². The maximum atomic E-state index is 12.5. The van der Waals surface area contributed by atoms with Crippen LogP contribution in [0.4, 0.5) is 0 Å². The van der Waals surface area contributed by atoms with Crippen LogP contribution in [0.2, 0.25) is 0 Å². The Hall–Kier alpha value is -0.910. The van der Waals surface area contributed by atoms with Gasteiger partial charge in [0.1, 0.15) is 0 Å². The van der Waals surface area contributed by atoms with Gasteiger partial charge in [0.2, 0.25) is 5.91 Å². The van der Waals surface area contributed by atoms with E-state index in [0.717, 1.165) is 22.9 Å². The van der Waals surface area contributed by atoms with Crippen LogP contribution < -0.4 is 11.5 Å². The summed E-state index contributed by atoms with van der Waals surface area (Å²) in [6.45, 7) is 2.01. The summed E-state index contributed by atoms with van der Waals surface area (Å²) < 4.78 is 1.03. The first-order valence-electron chi connectivity index (χ1n) is 7.02. The summed E-state index contributed by atoms with van der Waals surface area (Å²) >= 11 is 3.49. The number of nitrogens with zero attached hydrogens (tertiary/aromatic N) is 1. The van der Waals surface area contributed by atoms with Crippen molar-refractivity contribution in [3.05, 3.63) is 34.3 Å². The van der Waals surface area contributed by atoms with E-state index in [1.54, 1.807) is 0 Å². The largest absolute Gasteiger partial charge is 0.329 e. The molecule has 0 spiro atoms. The summed E-state index contributed by atoms with van der Waals surface area (Å²) in [7, 11) is 0. The smallest absolute Gasteiger partial charge is 0.240 e. The molecule has 2 aliphatic rings. The number of halogens is 1. The number of hydrogen-bond donors (Lipinski definition) is 2. The number of nitrogens with two attached hydrogens (primary N) is 2. The van der Waals surface area contributed by atoms with Gasteiger partial charge in [-0.25, -0.2) is 0 Å². The molecule has 0 radical (unpaired) electrons. The van der Waals surface area contributed by atoms with Gasteiger partial charge in [0.25, 0.3) is 0 Å². The molecule has 4 N–H and O–H groups in total. The summed E-state index contributed by atoms with van der Waals surface area (Å²) in [5.41, 5.74) is 13.2. The van der Waals surface area contributed by atoms with Gasteiger partial charge in [-0.15, -0.1) is 0 Å². The number of carbonyl (C=O) groups excluding carboxylic acids is 1. The first-order chi connectivity index (χ1) is 9.40. The van der Waals surface area contributed by atoms with Crippen LogP contribution in [0, 0.1) is 0 Å².